The summed E-state index contributed by atoms with van der Waals surface area (Å²) in [6.07, 6.45) is 0. The van der Waals surface area contributed by atoms with E-state index in [2.05, 4.69) is 15.3 Å². The molecule has 1 aromatic heterocycles. The van der Waals surface area contributed by atoms with Crippen LogP contribution in [0, 0.1) is 20.8 Å². The van der Waals surface area contributed by atoms with Crippen LogP contribution in [0.1, 0.15) is 24.0 Å². The summed E-state index contributed by atoms with van der Waals surface area (Å²) >= 11 is 0. The van der Waals surface area contributed by atoms with Crippen LogP contribution in [0.15, 0.2) is 0 Å². The van der Waals surface area contributed by atoms with Crippen molar-refractivity contribution >= 4 is 11.8 Å². The van der Waals surface area contributed by atoms with E-state index in [4.69, 9.17) is 5.11 Å². The number of hydrogen-bond acceptors (Lipinski definition) is 4. The quantitative estimate of drug-likeness (QED) is 0.784. The van der Waals surface area contributed by atoms with Gasteiger partial charge in [0, 0.05) is 0 Å². The molecule has 1 unspecified atom stereocenters. The summed E-state index contributed by atoms with van der Waals surface area (Å²) < 4.78 is 0. The number of nitrogens with zero attached hydrogens (tertiary/aromatic N) is 2. The van der Waals surface area contributed by atoms with E-state index in [0.29, 0.717) is 11.5 Å². The van der Waals surface area contributed by atoms with E-state index in [1.165, 1.54) is 0 Å². The van der Waals surface area contributed by atoms with Gasteiger partial charge >= 0.3 is 5.97 Å². The molecular formula is C10H15N3O2. The van der Waals surface area contributed by atoms with Gasteiger partial charge in [0.1, 0.15) is 11.9 Å². The first-order valence-corrected chi connectivity index (χ1v) is 4.73. The zero-order chi connectivity index (χ0) is 11.6. The zero-order valence-electron chi connectivity index (χ0n) is 9.33. The van der Waals surface area contributed by atoms with E-state index in [1.807, 2.05) is 13.8 Å². The molecule has 1 atom stereocenters. The maximum atomic E-state index is 10.7. The van der Waals surface area contributed by atoms with Crippen LogP contribution in [-0.2, 0) is 4.79 Å². The molecule has 0 aliphatic carbocycles. The van der Waals surface area contributed by atoms with Crippen molar-refractivity contribution in [1.29, 1.82) is 0 Å². The van der Waals surface area contributed by atoms with Gasteiger partial charge in [-0.1, -0.05) is 0 Å². The first-order valence-electron chi connectivity index (χ1n) is 4.73. The average Bonchev–Trinajstić information content (AvgIpc) is 2.13. The van der Waals surface area contributed by atoms with Crippen molar-refractivity contribution in [2.45, 2.75) is 33.7 Å². The van der Waals surface area contributed by atoms with Gasteiger partial charge in [-0.2, -0.15) is 0 Å². The molecular weight excluding hydrogens is 194 g/mol. The molecule has 5 heteroatoms. The maximum absolute atomic E-state index is 10.7. The number of carboxylic acid groups (broad SMARTS) is 1. The number of hydrogen-bond donors (Lipinski definition) is 2. The molecule has 0 radical (unpaired) electrons. The first kappa shape index (κ1) is 11.4. The number of carbonyl (C=O) groups is 1. The lowest BCUT2D eigenvalue weighted by Gasteiger charge is -2.13. The topological polar surface area (TPSA) is 75.1 Å². The highest BCUT2D eigenvalue weighted by Gasteiger charge is 2.13. The minimum Gasteiger partial charge on any atom is -0.480 e. The number of anilines is 1. The molecule has 0 aliphatic rings. The fourth-order valence-corrected chi connectivity index (χ4v) is 1.12. The lowest BCUT2D eigenvalue weighted by atomic mass is 10.3. The van der Waals surface area contributed by atoms with Crippen molar-refractivity contribution in [2.75, 3.05) is 5.32 Å². The number of aromatic nitrogens is 2. The molecule has 0 aliphatic heterocycles. The standard InChI is InChI=1S/C10H15N3O2/c1-5-6(2)12-9(7(3)11-5)13-8(4)10(14)15/h8H,1-4H3,(H,12,13)(H,14,15). The SMILES string of the molecule is Cc1nc(C)c(NC(C)C(=O)O)nc1C. The van der Waals surface area contributed by atoms with Gasteiger partial charge in [0.15, 0.2) is 0 Å². The minimum atomic E-state index is -0.908. The molecule has 0 saturated heterocycles. The Kier molecular flexibility index (Phi) is 3.24. The van der Waals surface area contributed by atoms with Gasteiger partial charge in [-0.15, -0.1) is 0 Å². The maximum Gasteiger partial charge on any atom is 0.325 e. The molecule has 82 valence electrons. The molecule has 0 aromatic carbocycles. The van der Waals surface area contributed by atoms with Crippen molar-refractivity contribution in [3.63, 3.8) is 0 Å². The molecule has 1 heterocycles. The third-order valence-corrected chi connectivity index (χ3v) is 2.20. The summed E-state index contributed by atoms with van der Waals surface area (Å²) in [5.74, 6) is -0.373. The van der Waals surface area contributed by atoms with E-state index < -0.39 is 12.0 Å². The Hall–Kier alpha value is -1.65. The monoisotopic (exact) mass is 209 g/mol. The van der Waals surface area contributed by atoms with Crippen LogP contribution < -0.4 is 5.32 Å². The number of rotatable bonds is 3. The number of aryl methyl sites for hydroxylation is 3. The minimum absolute atomic E-state index is 0.535. The van der Waals surface area contributed by atoms with Gasteiger partial charge in [-0.05, 0) is 27.7 Å². The molecule has 2 N–H and O–H groups in total. The van der Waals surface area contributed by atoms with Gasteiger partial charge < -0.3 is 10.4 Å². The van der Waals surface area contributed by atoms with E-state index in [0.717, 1.165) is 11.4 Å². The molecule has 15 heavy (non-hydrogen) atoms. The van der Waals surface area contributed by atoms with Gasteiger partial charge in [0.05, 0.1) is 17.1 Å². The van der Waals surface area contributed by atoms with Crippen LogP contribution in [0.5, 0.6) is 0 Å². The van der Waals surface area contributed by atoms with Crippen molar-refractivity contribution < 1.29 is 9.90 Å². The van der Waals surface area contributed by atoms with Crippen molar-refractivity contribution in [1.82, 2.24) is 9.97 Å². The number of carboxylic acids is 1. The van der Waals surface area contributed by atoms with Gasteiger partial charge in [0.2, 0.25) is 0 Å². The molecule has 0 fully saturated rings. The van der Waals surface area contributed by atoms with Crippen LogP contribution in [0.4, 0.5) is 5.82 Å². The Morgan fingerprint density at radius 2 is 1.73 bits per heavy atom. The molecule has 5 nitrogen and oxygen atoms in total. The summed E-state index contributed by atoms with van der Waals surface area (Å²) in [4.78, 5) is 19.2. The zero-order valence-corrected chi connectivity index (χ0v) is 9.33. The Labute approximate surface area is 88.6 Å². The number of aliphatic carboxylic acids is 1. The summed E-state index contributed by atoms with van der Waals surface area (Å²) in [5.41, 5.74) is 2.38. The Morgan fingerprint density at radius 3 is 2.27 bits per heavy atom. The highest BCUT2D eigenvalue weighted by atomic mass is 16.4. The second kappa shape index (κ2) is 4.25. The van der Waals surface area contributed by atoms with Gasteiger partial charge in [0.25, 0.3) is 0 Å². The predicted molar refractivity (Wildman–Crippen MR) is 57.0 cm³/mol. The van der Waals surface area contributed by atoms with Gasteiger partial charge in [-0.25, -0.2) is 4.98 Å². The largest absolute Gasteiger partial charge is 0.480 e. The van der Waals surface area contributed by atoms with Gasteiger partial charge in [-0.3, -0.25) is 9.78 Å². The van der Waals surface area contributed by atoms with Crippen LogP contribution in [0.25, 0.3) is 0 Å². The molecule has 1 rings (SSSR count). The lowest BCUT2D eigenvalue weighted by Crippen LogP contribution is -2.26. The first-order chi connectivity index (χ1) is 6.91. The highest BCUT2D eigenvalue weighted by Crippen LogP contribution is 2.12. The highest BCUT2D eigenvalue weighted by molar-refractivity contribution is 5.76. The predicted octanol–water partition coefficient (Wildman–Crippen LogP) is 1.29. The smallest absolute Gasteiger partial charge is 0.325 e. The van der Waals surface area contributed by atoms with Crippen LogP contribution >= 0.6 is 0 Å². The lowest BCUT2D eigenvalue weighted by molar-refractivity contribution is -0.137. The van der Waals surface area contributed by atoms with E-state index in [9.17, 15) is 4.79 Å². The summed E-state index contributed by atoms with van der Waals surface area (Å²) in [5, 5.41) is 11.6. The van der Waals surface area contributed by atoms with E-state index in [-0.39, 0.29) is 0 Å². The summed E-state index contributed by atoms with van der Waals surface area (Å²) in [7, 11) is 0. The fourth-order valence-electron chi connectivity index (χ4n) is 1.12. The third-order valence-electron chi connectivity index (χ3n) is 2.20. The second-order valence-electron chi connectivity index (χ2n) is 3.53. The molecule has 0 spiro atoms. The Morgan fingerprint density at radius 1 is 1.20 bits per heavy atom. The molecule has 0 bridgehead atoms. The van der Waals surface area contributed by atoms with Crippen LogP contribution in [0.2, 0.25) is 0 Å². The molecule has 0 saturated carbocycles. The van der Waals surface area contributed by atoms with E-state index >= 15 is 0 Å². The summed E-state index contributed by atoms with van der Waals surface area (Å²) in [6.45, 7) is 7.09. The molecule has 0 amide bonds. The van der Waals surface area contributed by atoms with E-state index in [1.54, 1.807) is 13.8 Å². The van der Waals surface area contributed by atoms with Crippen molar-refractivity contribution in [3.05, 3.63) is 17.1 Å². The fraction of sp³-hybridized carbons (Fsp3) is 0.500. The molecule has 1 aromatic rings. The second-order valence-corrected chi connectivity index (χ2v) is 3.53. The summed E-state index contributed by atoms with van der Waals surface area (Å²) in [6, 6.07) is -0.667. The normalized spacial score (nSPS) is 12.3. The average molecular weight is 209 g/mol. The number of nitrogens with one attached hydrogen (secondary N) is 1. The van der Waals surface area contributed by atoms with Crippen LogP contribution in [0.3, 0.4) is 0 Å². The van der Waals surface area contributed by atoms with Crippen LogP contribution in [-0.4, -0.2) is 27.1 Å². The Balaban J connectivity index is 2.95. The third kappa shape index (κ3) is 2.65. The van der Waals surface area contributed by atoms with Crippen molar-refractivity contribution in [3.8, 4) is 0 Å². The Bertz CT molecular complexity index is 390. The van der Waals surface area contributed by atoms with Crippen molar-refractivity contribution in [2.24, 2.45) is 0 Å².